The van der Waals surface area contributed by atoms with Crippen LogP contribution in [0.1, 0.15) is 56.8 Å². The van der Waals surface area contributed by atoms with Crippen molar-refractivity contribution >= 4 is 11.7 Å². The number of benzene rings is 1. The van der Waals surface area contributed by atoms with Gasteiger partial charge < -0.3 is 10.1 Å². The number of hydrogen-bond acceptors (Lipinski definition) is 3. The molecular formula is C19H27NO3. The molecule has 0 radical (unpaired) electrons. The van der Waals surface area contributed by atoms with Gasteiger partial charge in [0.25, 0.3) is 5.91 Å². The lowest BCUT2D eigenvalue weighted by molar-refractivity contribution is -0.124. The molecule has 1 N–H and O–H groups in total. The molecule has 0 spiro atoms. The Morgan fingerprint density at radius 2 is 1.87 bits per heavy atom. The first-order chi connectivity index (χ1) is 11.0. The fraction of sp³-hybridized carbons (Fsp3) is 0.579. The van der Waals surface area contributed by atoms with Gasteiger partial charge in [-0.25, -0.2) is 0 Å². The predicted octanol–water partition coefficient (Wildman–Crippen LogP) is 3.60. The second-order valence-electron chi connectivity index (χ2n) is 6.53. The minimum atomic E-state index is -0.0790. The number of carbonyl (C=O) groups is 2. The van der Waals surface area contributed by atoms with Crippen LogP contribution in [0, 0.1) is 11.8 Å². The molecule has 3 atom stereocenters. The molecule has 0 saturated heterocycles. The first-order valence-electron chi connectivity index (χ1n) is 8.56. The summed E-state index contributed by atoms with van der Waals surface area (Å²) in [5.74, 6) is 1.79. The van der Waals surface area contributed by atoms with Gasteiger partial charge in [-0.05, 0) is 42.5 Å². The van der Waals surface area contributed by atoms with E-state index in [1.165, 1.54) is 12.8 Å². The maximum Gasteiger partial charge on any atom is 0.258 e. The molecular weight excluding hydrogens is 290 g/mol. The van der Waals surface area contributed by atoms with Crippen molar-refractivity contribution in [2.45, 2.75) is 52.5 Å². The van der Waals surface area contributed by atoms with Crippen molar-refractivity contribution in [1.82, 2.24) is 5.32 Å². The summed E-state index contributed by atoms with van der Waals surface area (Å²) >= 11 is 0. The quantitative estimate of drug-likeness (QED) is 0.816. The third-order valence-corrected chi connectivity index (χ3v) is 4.92. The van der Waals surface area contributed by atoms with E-state index in [9.17, 15) is 9.59 Å². The van der Waals surface area contributed by atoms with Gasteiger partial charge in [-0.15, -0.1) is 0 Å². The van der Waals surface area contributed by atoms with Crippen molar-refractivity contribution in [2.24, 2.45) is 11.8 Å². The predicted molar refractivity (Wildman–Crippen MR) is 90.7 cm³/mol. The molecule has 1 aliphatic carbocycles. The van der Waals surface area contributed by atoms with Gasteiger partial charge in [0, 0.05) is 18.0 Å². The summed E-state index contributed by atoms with van der Waals surface area (Å²) in [5, 5.41) is 3.09. The van der Waals surface area contributed by atoms with E-state index < -0.39 is 0 Å². The van der Waals surface area contributed by atoms with Crippen LogP contribution in [0.2, 0.25) is 0 Å². The minimum Gasteiger partial charge on any atom is -0.484 e. The van der Waals surface area contributed by atoms with Crippen LogP contribution in [0.5, 0.6) is 5.75 Å². The van der Waals surface area contributed by atoms with Crippen LogP contribution in [-0.4, -0.2) is 24.3 Å². The summed E-state index contributed by atoms with van der Waals surface area (Å²) in [7, 11) is 0. The molecule has 23 heavy (non-hydrogen) atoms. The first-order valence-corrected chi connectivity index (χ1v) is 8.56. The zero-order valence-corrected chi connectivity index (χ0v) is 14.3. The molecule has 1 saturated carbocycles. The average Bonchev–Trinajstić information content (AvgIpc) is 2.57. The molecule has 0 aromatic heterocycles. The number of carbonyl (C=O) groups excluding carboxylic acids is 2. The second-order valence-corrected chi connectivity index (χ2v) is 6.53. The minimum absolute atomic E-state index is 0.0126. The van der Waals surface area contributed by atoms with E-state index in [1.807, 2.05) is 6.92 Å². The van der Waals surface area contributed by atoms with Gasteiger partial charge in [0.05, 0.1) is 0 Å². The van der Waals surface area contributed by atoms with Crippen LogP contribution >= 0.6 is 0 Å². The number of amides is 1. The van der Waals surface area contributed by atoms with Crippen molar-refractivity contribution in [3.8, 4) is 5.75 Å². The highest BCUT2D eigenvalue weighted by atomic mass is 16.5. The molecule has 1 aromatic carbocycles. The third kappa shape index (κ3) is 4.81. The van der Waals surface area contributed by atoms with Gasteiger partial charge in [0.2, 0.25) is 0 Å². The lowest BCUT2D eigenvalue weighted by Gasteiger charge is -2.34. The molecule has 0 aliphatic heterocycles. The Kier molecular flexibility index (Phi) is 6.20. The van der Waals surface area contributed by atoms with Crippen LogP contribution in [-0.2, 0) is 4.79 Å². The van der Waals surface area contributed by atoms with Gasteiger partial charge in [0.1, 0.15) is 5.75 Å². The van der Waals surface area contributed by atoms with E-state index in [0.29, 0.717) is 29.6 Å². The van der Waals surface area contributed by atoms with Gasteiger partial charge in [-0.1, -0.05) is 33.6 Å². The Morgan fingerprint density at radius 1 is 1.17 bits per heavy atom. The maximum atomic E-state index is 12.1. The van der Waals surface area contributed by atoms with Gasteiger partial charge in [-0.3, -0.25) is 9.59 Å². The van der Waals surface area contributed by atoms with Crippen molar-refractivity contribution in [3.63, 3.8) is 0 Å². The molecule has 1 amide bonds. The summed E-state index contributed by atoms with van der Waals surface area (Å²) in [4.78, 5) is 23.6. The normalized spacial score (nSPS) is 24.0. The van der Waals surface area contributed by atoms with Crippen molar-refractivity contribution in [2.75, 3.05) is 6.61 Å². The molecule has 0 heterocycles. The fourth-order valence-electron chi connectivity index (χ4n) is 3.12. The Morgan fingerprint density at radius 3 is 2.52 bits per heavy atom. The van der Waals surface area contributed by atoms with Gasteiger partial charge in [0.15, 0.2) is 12.4 Å². The van der Waals surface area contributed by atoms with Crippen LogP contribution in [0.4, 0.5) is 0 Å². The van der Waals surface area contributed by atoms with Crippen molar-refractivity contribution in [3.05, 3.63) is 29.8 Å². The molecule has 3 unspecified atom stereocenters. The number of ether oxygens (including phenoxy) is 1. The molecule has 1 fully saturated rings. The van der Waals surface area contributed by atoms with Crippen molar-refractivity contribution < 1.29 is 14.3 Å². The lowest BCUT2D eigenvalue weighted by atomic mass is 9.78. The lowest BCUT2D eigenvalue weighted by Crippen LogP contribution is -2.45. The highest BCUT2D eigenvalue weighted by molar-refractivity contribution is 5.95. The summed E-state index contributed by atoms with van der Waals surface area (Å²) in [6.07, 6.45) is 3.95. The fourth-order valence-corrected chi connectivity index (χ4v) is 3.12. The highest BCUT2D eigenvalue weighted by Gasteiger charge is 2.28. The van der Waals surface area contributed by atoms with Crippen LogP contribution in [0.15, 0.2) is 24.3 Å². The van der Waals surface area contributed by atoms with E-state index in [4.69, 9.17) is 4.74 Å². The van der Waals surface area contributed by atoms with Crippen molar-refractivity contribution in [1.29, 1.82) is 0 Å². The molecule has 126 valence electrons. The number of rotatable bonds is 6. The largest absolute Gasteiger partial charge is 0.484 e. The van der Waals surface area contributed by atoms with E-state index in [0.717, 1.165) is 6.42 Å². The molecule has 4 nitrogen and oxygen atoms in total. The Hall–Kier alpha value is -1.84. The Bertz CT molecular complexity index is 538. The summed E-state index contributed by atoms with van der Waals surface area (Å²) in [6.45, 7) is 6.31. The van der Waals surface area contributed by atoms with Crippen LogP contribution in [0.25, 0.3) is 0 Å². The van der Waals surface area contributed by atoms with E-state index in [-0.39, 0.29) is 24.3 Å². The molecule has 2 rings (SSSR count). The van der Waals surface area contributed by atoms with E-state index in [2.05, 4.69) is 19.2 Å². The zero-order valence-electron chi connectivity index (χ0n) is 14.3. The Labute approximate surface area is 138 Å². The maximum absolute atomic E-state index is 12.1. The van der Waals surface area contributed by atoms with Gasteiger partial charge in [-0.2, -0.15) is 0 Å². The molecule has 0 bridgehead atoms. The summed E-state index contributed by atoms with van der Waals surface area (Å²) < 4.78 is 5.52. The Balaban J connectivity index is 1.81. The van der Waals surface area contributed by atoms with Crippen LogP contribution in [0.3, 0.4) is 0 Å². The first kappa shape index (κ1) is 17.5. The standard InChI is InChI=1S/C19H27NO3/c1-4-18(21)15-8-10-16(11-9-15)23-12-19(22)20-17-7-5-6-13(2)14(17)3/h8-11,13-14,17H,4-7,12H2,1-3H3,(H,20,22). The number of Topliss-reactive ketones (excluding diaryl/α,β-unsaturated/α-hetero) is 1. The summed E-state index contributed by atoms with van der Waals surface area (Å²) in [6, 6.07) is 7.20. The van der Waals surface area contributed by atoms with E-state index >= 15 is 0 Å². The molecule has 4 heteroatoms. The second kappa shape index (κ2) is 8.14. The SMILES string of the molecule is CCC(=O)c1ccc(OCC(=O)NC2CCCC(C)C2C)cc1. The average molecular weight is 317 g/mol. The highest BCUT2D eigenvalue weighted by Crippen LogP contribution is 2.29. The van der Waals surface area contributed by atoms with E-state index in [1.54, 1.807) is 24.3 Å². The monoisotopic (exact) mass is 317 g/mol. The number of nitrogens with one attached hydrogen (secondary N) is 1. The smallest absolute Gasteiger partial charge is 0.258 e. The number of ketones is 1. The van der Waals surface area contributed by atoms with Crippen LogP contribution < -0.4 is 10.1 Å². The van der Waals surface area contributed by atoms with Gasteiger partial charge >= 0.3 is 0 Å². The topological polar surface area (TPSA) is 55.4 Å². The number of hydrogen-bond donors (Lipinski definition) is 1. The molecule has 1 aromatic rings. The summed E-state index contributed by atoms with van der Waals surface area (Å²) in [5.41, 5.74) is 0.675. The molecule has 1 aliphatic rings. The third-order valence-electron chi connectivity index (χ3n) is 4.92. The zero-order chi connectivity index (χ0) is 16.8.